The number of hydrogen-bond acceptors (Lipinski definition) is 5. The molecule has 2 unspecified atom stereocenters. The fraction of sp³-hybridized carbons (Fsp3) is 0.939. The smallest absolute Gasteiger partial charge is 0.305 e. The molecule has 0 spiro atoms. The van der Waals surface area contributed by atoms with Crippen molar-refractivity contribution >= 4 is 11.9 Å². The molecule has 0 aromatic carbocycles. The van der Waals surface area contributed by atoms with Crippen molar-refractivity contribution < 1.29 is 24.5 Å². The third kappa shape index (κ3) is 57.9. The van der Waals surface area contributed by atoms with Crippen LogP contribution in [0.1, 0.15) is 373 Å². The van der Waals surface area contributed by atoms with Crippen molar-refractivity contribution in [1.29, 1.82) is 0 Å². The molecule has 6 heteroatoms. The Hall–Kier alpha value is -1.40. The van der Waals surface area contributed by atoms with E-state index in [-0.39, 0.29) is 18.5 Å². The molecule has 428 valence electrons. The number of unbranched alkanes of at least 4 members (excludes halogenated alkanes) is 51. The molecule has 0 saturated heterocycles. The second kappa shape index (κ2) is 62.1. The van der Waals surface area contributed by atoms with Gasteiger partial charge in [0.1, 0.15) is 0 Å². The second-order valence-electron chi connectivity index (χ2n) is 22.8. The number of esters is 1. The van der Waals surface area contributed by atoms with Crippen molar-refractivity contribution in [2.75, 3.05) is 13.2 Å². The molecule has 0 radical (unpaired) electrons. The van der Waals surface area contributed by atoms with Crippen molar-refractivity contribution in [2.45, 2.75) is 386 Å². The zero-order chi connectivity index (χ0) is 52.2. The first-order chi connectivity index (χ1) is 35.5. The maximum absolute atomic E-state index is 12.5. The van der Waals surface area contributed by atoms with Gasteiger partial charge in [0.25, 0.3) is 0 Å². The molecule has 0 aliphatic rings. The summed E-state index contributed by atoms with van der Waals surface area (Å²) >= 11 is 0. The van der Waals surface area contributed by atoms with Gasteiger partial charge in [-0.1, -0.05) is 341 Å². The lowest BCUT2D eigenvalue weighted by Gasteiger charge is -2.20. The lowest BCUT2D eigenvalue weighted by molar-refractivity contribution is -0.143. The molecule has 0 aromatic heterocycles. The van der Waals surface area contributed by atoms with Crippen LogP contribution in [0.25, 0.3) is 0 Å². The van der Waals surface area contributed by atoms with Gasteiger partial charge < -0.3 is 20.3 Å². The molecule has 0 saturated carbocycles. The number of allylic oxidation sites excluding steroid dienone is 1. The molecule has 0 rings (SSSR count). The van der Waals surface area contributed by atoms with Crippen LogP contribution in [-0.4, -0.2) is 47.4 Å². The van der Waals surface area contributed by atoms with Gasteiger partial charge in [-0.2, -0.15) is 0 Å². The number of nitrogens with one attached hydrogen (secondary N) is 1. The minimum absolute atomic E-state index is 0.0163. The van der Waals surface area contributed by atoms with Crippen LogP contribution < -0.4 is 5.32 Å². The predicted octanol–water partition coefficient (Wildman–Crippen LogP) is 20.8. The number of aliphatic hydroxyl groups is 2. The average Bonchev–Trinajstić information content (AvgIpc) is 3.38. The fourth-order valence-electron chi connectivity index (χ4n) is 10.5. The topological polar surface area (TPSA) is 95.9 Å². The molecule has 0 bridgehead atoms. The standard InChI is InChI=1S/C66H129NO5/c1-3-5-7-9-11-13-15-17-18-19-25-28-31-35-38-42-46-50-54-58-64(69)63(62-68)67-65(70)59-55-51-47-43-39-36-32-29-26-23-21-20-22-24-27-30-33-37-41-45-49-53-57-61-72-66(71)60-56-52-48-44-40-34-16-14-12-10-8-6-4-2/h54,58,63-64,68-69H,3-53,55-57,59-62H2,1-2H3,(H,67,70)/b58-54+. The summed E-state index contributed by atoms with van der Waals surface area (Å²) in [6.45, 7) is 4.94. The Morgan fingerprint density at radius 2 is 0.639 bits per heavy atom. The Kier molecular flexibility index (Phi) is 60.9. The van der Waals surface area contributed by atoms with E-state index in [0.29, 0.717) is 19.4 Å². The van der Waals surface area contributed by atoms with Crippen LogP contribution in [0.4, 0.5) is 0 Å². The third-order valence-corrected chi connectivity index (χ3v) is 15.6. The van der Waals surface area contributed by atoms with Crippen LogP contribution in [-0.2, 0) is 14.3 Å². The van der Waals surface area contributed by atoms with E-state index < -0.39 is 12.1 Å². The predicted molar refractivity (Wildman–Crippen MR) is 315 cm³/mol. The maximum Gasteiger partial charge on any atom is 0.305 e. The molecule has 0 fully saturated rings. The van der Waals surface area contributed by atoms with Gasteiger partial charge >= 0.3 is 5.97 Å². The molecule has 1 amide bonds. The number of rotatable bonds is 62. The zero-order valence-electron chi connectivity index (χ0n) is 48.9. The van der Waals surface area contributed by atoms with Crippen LogP contribution in [0.15, 0.2) is 12.2 Å². The summed E-state index contributed by atoms with van der Waals surface area (Å²) in [5, 5.41) is 23.2. The highest BCUT2D eigenvalue weighted by atomic mass is 16.5. The van der Waals surface area contributed by atoms with Gasteiger partial charge in [-0.25, -0.2) is 0 Å². The van der Waals surface area contributed by atoms with E-state index in [1.54, 1.807) is 6.08 Å². The van der Waals surface area contributed by atoms with Gasteiger partial charge in [0.15, 0.2) is 0 Å². The van der Waals surface area contributed by atoms with Gasteiger partial charge in [-0.3, -0.25) is 9.59 Å². The minimum Gasteiger partial charge on any atom is -0.466 e. The first kappa shape index (κ1) is 70.6. The molecule has 0 aliphatic heterocycles. The van der Waals surface area contributed by atoms with E-state index in [1.807, 2.05) is 6.08 Å². The minimum atomic E-state index is -0.844. The number of amides is 1. The number of carbonyl (C=O) groups excluding carboxylic acids is 2. The van der Waals surface area contributed by atoms with E-state index in [0.717, 1.165) is 38.5 Å². The third-order valence-electron chi connectivity index (χ3n) is 15.6. The lowest BCUT2D eigenvalue weighted by Crippen LogP contribution is -2.45. The zero-order valence-corrected chi connectivity index (χ0v) is 48.9. The molecule has 0 heterocycles. The summed E-state index contributed by atoms with van der Waals surface area (Å²) in [7, 11) is 0. The second-order valence-corrected chi connectivity index (χ2v) is 22.8. The maximum atomic E-state index is 12.5. The Balaban J connectivity index is 3.39. The van der Waals surface area contributed by atoms with E-state index in [4.69, 9.17) is 4.74 Å². The highest BCUT2D eigenvalue weighted by Crippen LogP contribution is 2.19. The summed E-state index contributed by atoms with van der Waals surface area (Å²) in [6, 6.07) is -0.627. The normalized spacial score (nSPS) is 12.6. The van der Waals surface area contributed by atoms with Gasteiger partial charge in [-0.15, -0.1) is 0 Å². The highest BCUT2D eigenvalue weighted by Gasteiger charge is 2.18. The number of hydrogen-bond donors (Lipinski definition) is 3. The molecular weight excluding hydrogens is 887 g/mol. The van der Waals surface area contributed by atoms with E-state index in [9.17, 15) is 19.8 Å². The van der Waals surface area contributed by atoms with Crippen LogP contribution in [0.3, 0.4) is 0 Å². The molecule has 72 heavy (non-hydrogen) atoms. The quantitative estimate of drug-likeness (QED) is 0.0320. The largest absolute Gasteiger partial charge is 0.466 e. The lowest BCUT2D eigenvalue weighted by atomic mass is 10.0. The SMILES string of the molecule is CCCCCCCCCCCCCCCCCCC/C=C/C(O)C(CO)NC(=O)CCCCCCCCCCCCCCCCCCCCCCCCCOC(=O)CCCCCCCCCCCCCCC. The summed E-state index contributed by atoms with van der Waals surface area (Å²) in [6.07, 6.45) is 75.5. The number of carbonyl (C=O) groups is 2. The van der Waals surface area contributed by atoms with Crippen molar-refractivity contribution in [1.82, 2.24) is 5.32 Å². The molecule has 6 nitrogen and oxygen atoms in total. The highest BCUT2D eigenvalue weighted by molar-refractivity contribution is 5.76. The first-order valence-electron chi connectivity index (χ1n) is 33.0. The molecule has 3 N–H and O–H groups in total. The van der Waals surface area contributed by atoms with Crippen LogP contribution in [0.5, 0.6) is 0 Å². The molecule has 0 aliphatic carbocycles. The molecule has 2 atom stereocenters. The Labute approximate surface area is 450 Å². The summed E-state index contributed by atoms with van der Waals surface area (Å²) in [5.74, 6) is -0.0473. The van der Waals surface area contributed by atoms with Gasteiger partial charge in [0, 0.05) is 12.8 Å². The van der Waals surface area contributed by atoms with Crippen LogP contribution in [0.2, 0.25) is 0 Å². The summed E-state index contributed by atoms with van der Waals surface area (Å²) in [5.41, 5.74) is 0. The van der Waals surface area contributed by atoms with Crippen molar-refractivity contribution in [2.24, 2.45) is 0 Å². The summed E-state index contributed by atoms with van der Waals surface area (Å²) in [4.78, 5) is 24.5. The van der Waals surface area contributed by atoms with E-state index >= 15 is 0 Å². The Morgan fingerprint density at radius 1 is 0.375 bits per heavy atom. The molecular formula is C66H129NO5. The van der Waals surface area contributed by atoms with Gasteiger partial charge in [-0.05, 0) is 32.1 Å². The van der Waals surface area contributed by atoms with Crippen LogP contribution in [0, 0.1) is 0 Å². The van der Waals surface area contributed by atoms with Crippen molar-refractivity contribution in [3.63, 3.8) is 0 Å². The van der Waals surface area contributed by atoms with Crippen LogP contribution >= 0.6 is 0 Å². The van der Waals surface area contributed by atoms with Gasteiger partial charge in [0.05, 0.1) is 25.4 Å². The fourth-order valence-corrected chi connectivity index (χ4v) is 10.5. The summed E-state index contributed by atoms with van der Waals surface area (Å²) < 4.78 is 5.48. The van der Waals surface area contributed by atoms with E-state index in [2.05, 4.69) is 19.2 Å². The molecule has 0 aromatic rings. The van der Waals surface area contributed by atoms with Crippen molar-refractivity contribution in [3.05, 3.63) is 12.2 Å². The van der Waals surface area contributed by atoms with Gasteiger partial charge in [0.2, 0.25) is 5.91 Å². The Morgan fingerprint density at radius 3 is 0.944 bits per heavy atom. The van der Waals surface area contributed by atoms with Crippen molar-refractivity contribution in [3.8, 4) is 0 Å². The average molecular weight is 1020 g/mol. The monoisotopic (exact) mass is 1020 g/mol. The number of ether oxygens (including phenoxy) is 1. The first-order valence-corrected chi connectivity index (χ1v) is 33.0. The van der Waals surface area contributed by atoms with E-state index in [1.165, 1.54) is 308 Å². The Bertz CT molecular complexity index is 1080. The number of aliphatic hydroxyl groups excluding tert-OH is 2.